The molecule has 132 valence electrons. The minimum atomic E-state index is 0.235. The maximum atomic E-state index is 5.93. The number of fused-ring (bicyclic) bond motifs is 1. The van der Waals surface area contributed by atoms with E-state index < -0.39 is 0 Å². The SMILES string of the molecule is CCc1ccccc1Nc1nc(N)nc(CN2CCc3ccccc32)n1. The van der Waals surface area contributed by atoms with E-state index in [0.717, 1.165) is 25.1 Å². The van der Waals surface area contributed by atoms with Crippen molar-refractivity contribution in [2.24, 2.45) is 0 Å². The van der Waals surface area contributed by atoms with Crippen molar-refractivity contribution in [3.63, 3.8) is 0 Å². The first-order chi connectivity index (χ1) is 12.7. The normalized spacial score (nSPS) is 12.9. The number of anilines is 4. The molecule has 0 unspecified atom stereocenters. The first kappa shape index (κ1) is 16.3. The summed E-state index contributed by atoms with van der Waals surface area (Å²) in [6.07, 6.45) is 1.98. The van der Waals surface area contributed by atoms with E-state index in [2.05, 4.69) is 62.4 Å². The van der Waals surface area contributed by atoms with Crippen molar-refractivity contribution in [1.29, 1.82) is 0 Å². The van der Waals surface area contributed by atoms with Crippen molar-refractivity contribution >= 4 is 23.3 Å². The van der Waals surface area contributed by atoms with E-state index in [1.54, 1.807) is 0 Å². The third-order valence-electron chi connectivity index (χ3n) is 4.66. The standard InChI is InChI=1S/C20H22N6/c1-2-14-7-3-5-9-16(14)22-20-24-18(23-19(21)25-20)13-26-12-11-15-8-4-6-10-17(15)26/h3-10H,2,11-13H2,1H3,(H3,21,22,23,24,25). The smallest absolute Gasteiger partial charge is 0.232 e. The maximum absolute atomic E-state index is 5.93. The molecular formula is C20H22N6. The van der Waals surface area contributed by atoms with Crippen LogP contribution in [0.1, 0.15) is 23.9 Å². The topological polar surface area (TPSA) is 80.0 Å². The van der Waals surface area contributed by atoms with Gasteiger partial charge in [-0.15, -0.1) is 0 Å². The van der Waals surface area contributed by atoms with Crippen LogP contribution in [0.3, 0.4) is 0 Å². The molecule has 3 N–H and O–H groups in total. The Kier molecular flexibility index (Phi) is 4.39. The van der Waals surface area contributed by atoms with E-state index in [4.69, 9.17) is 5.73 Å². The zero-order valence-electron chi connectivity index (χ0n) is 14.8. The predicted molar refractivity (Wildman–Crippen MR) is 105 cm³/mol. The van der Waals surface area contributed by atoms with Crippen LogP contribution in [0, 0.1) is 0 Å². The Balaban J connectivity index is 1.57. The van der Waals surface area contributed by atoms with Gasteiger partial charge in [0.2, 0.25) is 11.9 Å². The molecule has 0 amide bonds. The van der Waals surface area contributed by atoms with Crippen molar-refractivity contribution in [2.45, 2.75) is 26.3 Å². The summed E-state index contributed by atoms with van der Waals surface area (Å²) in [5, 5.41) is 3.29. The number of hydrogen-bond donors (Lipinski definition) is 2. The maximum Gasteiger partial charge on any atom is 0.232 e. The van der Waals surface area contributed by atoms with Gasteiger partial charge in [-0.2, -0.15) is 15.0 Å². The fourth-order valence-corrected chi connectivity index (χ4v) is 3.38. The molecule has 0 radical (unpaired) electrons. The third kappa shape index (κ3) is 3.31. The summed E-state index contributed by atoms with van der Waals surface area (Å²) in [4.78, 5) is 15.4. The Morgan fingerprint density at radius 2 is 1.85 bits per heavy atom. The highest BCUT2D eigenvalue weighted by molar-refractivity contribution is 5.60. The molecule has 0 aliphatic carbocycles. The van der Waals surface area contributed by atoms with Crippen LogP contribution >= 0.6 is 0 Å². The molecular weight excluding hydrogens is 324 g/mol. The van der Waals surface area contributed by atoms with Crippen LogP contribution in [0.2, 0.25) is 0 Å². The van der Waals surface area contributed by atoms with Crippen molar-refractivity contribution < 1.29 is 0 Å². The monoisotopic (exact) mass is 346 g/mol. The van der Waals surface area contributed by atoms with Crippen LogP contribution in [0.25, 0.3) is 0 Å². The molecule has 4 rings (SSSR count). The summed E-state index contributed by atoms with van der Waals surface area (Å²) in [7, 11) is 0. The molecule has 2 heterocycles. The highest BCUT2D eigenvalue weighted by Crippen LogP contribution is 2.28. The summed E-state index contributed by atoms with van der Waals surface area (Å²) in [6.45, 7) is 3.71. The molecule has 0 spiro atoms. The second-order valence-corrected chi connectivity index (χ2v) is 6.37. The number of rotatable bonds is 5. The fourth-order valence-electron chi connectivity index (χ4n) is 3.38. The van der Waals surface area contributed by atoms with Crippen LogP contribution in [0.5, 0.6) is 0 Å². The van der Waals surface area contributed by atoms with Crippen molar-refractivity contribution in [3.8, 4) is 0 Å². The van der Waals surface area contributed by atoms with Crippen LogP contribution in [0.15, 0.2) is 48.5 Å². The van der Waals surface area contributed by atoms with Gasteiger partial charge in [-0.05, 0) is 36.1 Å². The second-order valence-electron chi connectivity index (χ2n) is 6.37. The lowest BCUT2D eigenvalue weighted by Crippen LogP contribution is -2.22. The molecule has 6 nitrogen and oxygen atoms in total. The first-order valence-electron chi connectivity index (χ1n) is 8.91. The number of aryl methyl sites for hydroxylation is 1. The highest BCUT2D eigenvalue weighted by Gasteiger charge is 2.20. The van der Waals surface area contributed by atoms with E-state index in [0.29, 0.717) is 18.3 Å². The lowest BCUT2D eigenvalue weighted by atomic mass is 10.1. The number of para-hydroxylation sites is 2. The molecule has 26 heavy (non-hydrogen) atoms. The number of aromatic nitrogens is 3. The molecule has 1 aromatic heterocycles. The van der Waals surface area contributed by atoms with Gasteiger partial charge in [0.05, 0.1) is 6.54 Å². The number of nitrogens with two attached hydrogens (primary N) is 1. The number of hydrogen-bond acceptors (Lipinski definition) is 6. The van der Waals surface area contributed by atoms with Crippen molar-refractivity contribution in [2.75, 3.05) is 22.5 Å². The Bertz CT molecular complexity index is 924. The average Bonchev–Trinajstić information content (AvgIpc) is 3.05. The molecule has 1 aliphatic heterocycles. The lowest BCUT2D eigenvalue weighted by molar-refractivity contribution is 0.780. The Hall–Kier alpha value is -3.15. The minimum absolute atomic E-state index is 0.235. The molecule has 1 aliphatic rings. The van der Waals surface area contributed by atoms with Crippen molar-refractivity contribution in [3.05, 3.63) is 65.5 Å². The summed E-state index contributed by atoms with van der Waals surface area (Å²) in [5.74, 6) is 1.39. The molecule has 0 bridgehead atoms. The highest BCUT2D eigenvalue weighted by atomic mass is 15.2. The van der Waals surface area contributed by atoms with E-state index in [1.165, 1.54) is 16.8 Å². The number of nitrogens with one attached hydrogen (secondary N) is 1. The third-order valence-corrected chi connectivity index (χ3v) is 4.66. The van der Waals surface area contributed by atoms with E-state index >= 15 is 0 Å². The number of nitrogens with zero attached hydrogens (tertiary/aromatic N) is 4. The second kappa shape index (κ2) is 7.00. The Morgan fingerprint density at radius 3 is 2.73 bits per heavy atom. The zero-order chi connectivity index (χ0) is 17.9. The largest absolute Gasteiger partial charge is 0.368 e. The summed E-state index contributed by atoms with van der Waals surface area (Å²) in [6, 6.07) is 16.6. The predicted octanol–water partition coefficient (Wildman–Crippen LogP) is 3.32. The fraction of sp³-hybridized carbons (Fsp3) is 0.250. The van der Waals surface area contributed by atoms with E-state index in [1.807, 2.05) is 18.2 Å². The van der Waals surface area contributed by atoms with Gasteiger partial charge in [0.25, 0.3) is 0 Å². The molecule has 0 saturated carbocycles. The van der Waals surface area contributed by atoms with Crippen LogP contribution < -0.4 is 16.0 Å². The van der Waals surface area contributed by atoms with Gasteiger partial charge in [0.1, 0.15) is 0 Å². The lowest BCUT2D eigenvalue weighted by Gasteiger charge is -2.18. The van der Waals surface area contributed by atoms with Crippen LogP contribution in [-0.2, 0) is 19.4 Å². The van der Waals surface area contributed by atoms with Crippen LogP contribution in [-0.4, -0.2) is 21.5 Å². The van der Waals surface area contributed by atoms with Gasteiger partial charge in [-0.25, -0.2) is 0 Å². The molecule has 0 fully saturated rings. The summed E-state index contributed by atoms with van der Waals surface area (Å²) in [5.41, 5.74) is 10.8. The van der Waals surface area contributed by atoms with Crippen molar-refractivity contribution in [1.82, 2.24) is 15.0 Å². The number of benzene rings is 2. The van der Waals surface area contributed by atoms with Gasteiger partial charge in [0, 0.05) is 17.9 Å². The Morgan fingerprint density at radius 1 is 1.04 bits per heavy atom. The van der Waals surface area contributed by atoms with Gasteiger partial charge >= 0.3 is 0 Å². The minimum Gasteiger partial charge on any atom is -0.368 e. The molecule has 2 aromatic carbocycles. The van der Waals surface area contributed by atoms with E-state index in [-0.39, 0.29) is 5.95 Å². The van der Waals surface area contributed by atoms with E-state index in [9.17, 15) is 0 Å². The van der Waals surface area contributed by atoms with Gasteiger partial charge in [0.15, 0.2) is 5.82 Å². The number of nitrogen functional groups attached to an aromatic ring is 1. The first-order valence-corrected chi connectivity index (χ1v) is 8.91. The van der Waals surface area contributed by atoms with Crippen LogP contribution in [0.4, 0.5) is 23.3 Å². The molecule has 3 aromatic rings. The summed E-state index contributed by atoms with van der Waals surface area (Å²) < 4.78 is 0. The van der Waals surface area contributed by atoms with Gasteiger partial charge < -0.3 is 16.0 Å². The molecule has 0 saturated heterocycles. The summed E-state index contributed by atoms with van der Waals surface area (Å²) >= 11 is 0. The van der Waals surface area contributed by atoms with Gasteiger partial charge in [-0.3, -0.25) is 0 Å². The van der Waals surface area contributed by atoms with Gasteiger partial charge in [-0.1, -0.05) is 43.3 Å². The molecule has 6 heteroatoms. The Labute approximate surface area is 153 Å². The average molecular weight is 346 g/mol. The zero-order valence-corrected chi connectivity index (χ0v) is 14.8. The quantitative estimate of drug-likeness (QED) is 0.738. The molecule has 0 atom stereocenters.